The van der Waals surface area contributed by atoms with Gasteiger partial charge in [0.15, 0.2) is 0 Å². The van der Waals surface area contributed by atoms with Gasteiger partial charge in [0.25, 0.3) is 10.0 Å². The van der Waals surface area contributed by atoms with E-state index in [0.29, 0.717) is 22.5 Å². The van der Waals surface area contributed by atoms with Crippen molar-refractivity contribution in [3.8, 4) is 11.3 Å². The highest BCUT2D eigenvalue weighted by Gasteiger charge is 2.24. The van der Waals surface area contributed by atoms with Gasteiger partial charge >= 0.3 is 0 Å². The largest absolute Gasteiger partial charge is 0.398 e. The van der Waals surface area contributed by atoms with Crippen molar-refractivity contribution in [2.45, 2.75) is 4.90 Å². The zero-order valence-electron chi connectivity index (χ0n) is 13.3. The van der Waals surface area contributed by atoms with Crippen LogP contribution in [-0.4, -0.2) is 12.4 Å². The van der Waals surface area contributed by atoms with Gasteiger partial charge in [0.2, 0.25) is 0 Å². The van der Waals surface area contributed by atoms with Crippen LogP contribution >= 0.6 is 0 Å². The molecule has 0 unspecified atom stereocenters. The molecular weight excluding hydrogens is 332 g/mol. The first-order valence-electron chi connectivity index (χ1n) is 7.85. The maximum atomic E-state index is 13.3. The van der Waals surface area contributed by atoms with Crippen molar-refractivity contribution in [2.24, 2.45) is 0 Å². The maximum Gasteiger partial charge on any atom is 0.268 e. The summed E-state index contributed by atoms with van der Waals surface area (Å²) in [5.41, 5.74) is 8.53. The van der Waals surface area contributed by atoms with Crippen molar-refractivity contribution in [3.63, 3.8) is 0 Å². The number of para-hydroxylation sites is 2. The van der Waals surface area contributed by atoms with E-state index in [9.17, 15) is 8.42 Å². The molecule has 0 saturated carbocycles. The van der Waals surface area contributed by atoms with Crippen LogP contribution in [0.5, 0.6) is 0 Å². The summed E-state index contributed by atoms with van der Waals surface area (Å²) in [4.78, 5) is 0.243. The van der Waals surface area contributed by atoms with Gasteiger partial charge in [0.1, 0.15) is 0 Å². The molecule has 4 aromatic rings. The van der Waals surface area contributed by atoms with Crippen LogP contribution in [0, 0.1) is 0 Å². The molecule has 5 heteroatoms. The van der Waals surface area contributed by atoms with Gasteiger partial charge in [-0.1, -0.05) is 54.6 Å². The first-order valence-corrected chi connectivity index (χ1v) is 9.29. The Morgan fingerprint density at radius 2 is 1.40 bits per heavy atom. The van der Waals surface area contributed by atoms with E-state index >= 15 is 0 Å². The zero-order chi connectivity index (χ0) is 17.4. The highest BCUT2D eigenvalue weighted by Crippen LogP contribution is 2.34. The molecule has 0 saturated heterocycles. The van der Waals surface area contributed by atoms with Crippen molar-refractivity contribution in [1.82, 2.24) is 3.97 Å². The summed E-state index contributed by atoms with van der Waals surface area (Å²) in [5, 5.41) is 0.847. The van der Waals surface area contributed by atoms with Gasteiger partial charge in [-0.25, -0.2) is 12.4 Å². The molecule has 0 aliphatic rings. The van der Waals surface area contributed by atoms with E-state index in [1.807, 2.05) is 42.5 Å². The number of fused-ring (bicyclic) bond motifs is 1. The molecular formula is C20H16N2O2S. The molecule has 0 bridgehead atoms. The highest BCUT2D eigenvalue weighted by molar-refractivity contribution is 7.90. The predicted molar refractivity (Wildman–Crippen MR) is 101 cm³/mol. The summed E-state index contributed by atoms with van der Waals surface area (Å²) in [6.07, 6.45) is 0. The summed E-state index contributed by atoms with van der Waals surface area (Å²) in [5.74, 6) is 0. The summed E-state index contributed by atoms with van der Waals surface area (Å²) >= 11 is 0. The zero-order valence-corrected chi connectivity index (χ0v) is 14.1. The number of benzene rings is 3. The lowest BCUT2D eigenvalue weighted by molar-refractivity contribution is 0.589. The molecule has 0 spiro atoms. The van der Waals surface area contributed by atoms with Gasteiger partial charge < -0.3 is 5.73 Å². The summed E-state index contributed by atoms with van der Waals surface area (Å²) in [7, 11) is -3.76. The average Bonchev–Trinajstić information content (AvgIpc) is 3.03. The van der Waals surface area contributed by atoms with Crippen LogP contribution in [0.3, 0.4) is 0 Å². The number of hydrogen-bond donors (Lipinski definition) is 1. The molecule has 1 aromatic heterocycles. The second kappa shape index (κ2) is 5.79. The van der Waals surface area contributed by atoms with E-state index in [0.717, 1.165) is 5.39 Å². The minimum absolute atomic E-state index is 0.243. The van der Waals surface area contributed by atoms with E-state index in [4.69, 9.17) is 5.73 Å². The maximum absolute atomic E-state index is 13.3. The lowest BCUT2D eigenvalue weighted by Crippen LogP contribution is -2.14. The first kappa shape index (κ1) is 15.5. The van der Waals surface area contributed by atoms with E-state index in [1.165, 1.54) is 3.97 Å². The smallest absolute Gasteiger partial charge is 0.268 e. The van der Waals surface area contributed by atoms with Crippen LogP contribution in [0.2, 0.25) is 0 Å². The fraction of sp³-hybridized carbons (Fsp3) is 0. The standard InChI is InChI=1S/C20H16N2O2S/c21-18-12-6-5-11-17(18)20-14-15-8-4-7-13-19(15)22(20)25(23,24)16-9-2-1-3-10-16/h1-14H,21H2. The molecule has 0 aliphatic carbocycles. The number of rotatable bonds is 3. The number of hydrogen-bond acceptors (Lipinski definition) is 3. The van der Waals surface area contributed by atoms with Crippen LogP contribution < -0.4 is 5.73 Å². The molecule has 25 heavy (non-hydrogen) atoms. The van der Waals surface area contributed by atoms with Crippen LogP contribution in [-0.2, 0) is 10.0 Å². The fourth-order valence-electron chi connectivity index (χ4n) is 3.00. The Hall–Kier alpha value is -3.05. The number of nitrogens with two attached hydrogens (primary N) is 1. The molecule has 3 aromatic carbocycles. The Kier molecular flexibility index (Phi) is 3.58. The third kappa shape index (κ3) is 2.49. The summed E-state index contributed by atoms with van der Waals surface area (Å²) in [6, 6.07) is 25.0. The minimum Gasteiger partial charge on any atom is -0.398 e. The molecule has 0 aliphatic heterocycles. The SMILES string of the molecule is Nc1ccccc1-c1cc2ccccc2n1S(=O)(=O)c1ccccc1. The Labute approximate surface area is 146 Å². The summed E-state index contributed by atoms with van der Waals surface area (Å²) in [6.45, 7) is 0. The second-order valence-electron chi connectivity index (χ2n) is 5.76. The summed E-state index contributed by atoms with van der Waals surface area (Å²) < 4.78 is 28.1. The first-order chi connectivity index (χ1) is 12.1. The van der Waals surface area contributed by atoms with Crippen LogP contribution in [0.15, 0.2) is 89.8 Å². The molecule has 0 fully saturated rings. The van der Waals surface area contributed by atoms with Crippen molar-refractivity contribution in [3.05, 3.63) is 84.9 Å². The molecule has 4 rings (SSSR count). The Bertz CT molecular complexity index is 1160. The number of nitrogen functional groups attached to an aromatic ring is 1. The van der Waals surface area contributed by atoms with Crippen molar-refractivity contribution in [2.75, 3.05) is 5.73 Å². The number of anilines is 1. The van der Waals surface area contributed by atoms with Crippen molar-refractivity contribution >= 4 is 26.6 Å². The third-order valence-electron chi connectivity index (χ3n) is 4.18. The second-order valence-corrected chi connectivity index (χ2v) is 7.54. The van der Waals surface area contributed by atoms with Gasteiger partial charge in [-0.15, -0.1) is 0 Å². The topological polar surface area (TPSA) is 65.1 Å². The molecule has 0 radical (unpaired) electrons. The predicted octanol–water partition coefficient (Wildman–Crippen LogP) is 4.13. The van der Waals surface area contributed by atoms with Gasteiger partial charge in [-0.2, -0.15) is 0 Å². The minimum atomic E-state index is -3.76. The average molecular weight is 348 g/mol. The highest BCUT2D eigenvalue weighted by atomic mass is 32.2. The molecule has 4 nitrogen and oxygen atoms in total. The van der Waals surface area contributed by atoms with Crippen LogP contribution in [0.25, 0.3) is 22.2 Å². The number of nitrogens with zero attached hydrogens (tertiary/aromatic N) is 1. The van der Waals surface area contributed by atoms with Gasteiger partial charge in [-0.3, -0.25) is 0 Å². The fourth-order valence-corrected chi connectivity index (χ4v) is 4.55. The van der Waals surface area contributed by atoms with E-state index in [2.05, 4.69) is 0 Å². The molecule has 0 amide bonds. The van der Waals surface area contributed by atoms with E-state index in [-0.39, 0.29) is 4.90 Å². The van der Waals surface area contributed by atoms with Crippen molar-refractivity contribution in [1.29, 1.82) is 0 Å². The van der Waals surface area contributed by atoms with Gasteiger partial charge in [-0.05, 0) is 30.3 Å². The molecule has 0 atom stereocenters. The molecule has 1 heterocycles. The Morgan fingerprint density at radius 3 is 2.16 bits per heavy atom. The lowest BCUT2D eigenvalue weighted by atomic mass is 10.1. The Balaban J connectivity index is 2.10. The molecule has 2 N–H and O–H groups in total. The normalized spacial score (nSPS) is 11.7. The van der Waals surface area contributed by atoms with Gasteiger partial charge in [0, 0.05) is 16.6 Å². The quantitative estimate of drug-likeness (QED) is 0.566. The van der Waals surface area contributed by atoms with Crippen LogP contribution in [0.4, 0.5) is 5.69 Å². The van der Waals surface area contributed by atoms with Crippen molar-refractivity contribution < 1.29 is 8.42 Å². The van der Waals surface area contributed by atoms with Crippen LogP contribution in [0.1, 0.15) is 0 Å². The van der Waals surface area contributed by atoms with Gasteiger partial charge in [0.05, 0.1) is 16.1 Å². The van der Waals surface area contributed by atoms with E-state index in [1.54, 1.807) is 42.5 Å². The van der Waals surface area contributed by atoms with E-state index < -0.39 is 10.0 Å². The Morgan fingerprint density at radius 1 is 0.760 bits per heavy atom. The number of aromatic nitrogens is 1. The third-order valence-corrected chi connectivity index (χ3v) is 5.93. The molecule has 124 valence electrons. The monoisotopic (exact) mass is 348 g/mol. The lowest BCUT2D eigenvalue weighted by Gasteiger charge is -2.13.